The van der Waals surface area contributed by atoms with Crippen molar-refractivity contribution in [2.45, 2.75) is 0 Å². The van der Waals surface area contributed by atoms with Crippen molar-refractivity contribution in [3.63, 3.8) is 0 Å². The van der Waals surface area contributed by atoms with Crippen LogP contribution in [0.2, 0.25) is 0 Å². The number of amides is 1. The maximum absolute atomic E-state index is 11.0. The van der Waals surface area contributed by atoms with Crippen LogP contribution in [-0.2, 0) is 4.84 Å². The number of benzene rings is 1. The monoisotopic (exact) mass is 171 g/mol. The molecule has 0 aliphatic heterocycles. The molecule has 1 amide bonds. The fourth-order valence-corrected chi connectivity index (χ4v) is 0.741. The summed E-state index contributed by atoms with van der Waals surface area (Å²) in [6, 6.07) is 8.88. The Morgan fingerprint density at radius 1 is 1.33 bits per heavy atom. The van der Waals surface area contributed by atoms with E-state index in [1.807, 2.05) is 6.07 Å². The van der Waals surface area contributed by atoms with E-state index < -0.39 is 0 Å². The maximum atomic E-state index is 11.0. The van der Waals surface area contributed by atoms with Crippen LogP contribution in [0.25, 0.3) is 0 Å². The van der Waals surface area contributed by atoms with E-state index in [1.54, 1.807) is 24.3 Å². The van der Waals surface area contributed by atoms with Crippen molar-refractivity contribution in [3.05, 3.63) is 35.9 Å². The number of hydroxylamine groups is 1. The van der Waals surface area contributed by atoms with Gasteiger partial charge in [-0.3, -0.25) is 14.3 Å². The van der Waals surface area contributed by atoms with Crippen molar-refractivity contribution < 1.29 is 14.3 Å². The molecule has 0 saturated heterocycles. The Morgan fingerprint density at radius 3 is 2.42 bits per heavy atom. The van der Waals surface area contributed by atoms with Crippen LogP contribution in [0.3, 0.4) is 0 Å². The molecule has 0 fully saturated rings. The summed E-state index contributed by atoms with van der Waals surface area (Å²) in [6.45, 7) is 0. The summed E-state index contributed by atoms with van der Waals surface area (Å²) < 4.78 is 0. The smallest absolute Gasteiger partial charge is 0.274 e. The average molecular weight is 171 g/mol. The topological polar surface area (TPSA) is 38.3 Å². The van der Waals surface area contributed by atoms with E-state index >= 15 is 0 Å². The second-order valence-electron chi connectivity index (χ2n) is 2.00. The first-order valence-electron chi connectivity index (χ1n) is 3.23. The third-order valence-corrected chi connectivity index (χ3v) is 1.23. The lowest BCUT2D eigenvalue weighted by molar-refractivity contribution is 0.0537. The van der Waals surface area contributed by atoms with Crippen LogP contribution in [0, 0.1) is 0 Å². The molecule has 1 aromatic rings. The molecule has 0 atom stereocenters. The van der Waals surface area contributed by atoms with E-state index in [0.29, 0.717) is 5.56 Å². The molecular formula is C8H10FNO2. The first kappa shape index (κ1) is 10.6. The van der Waals surface area contributed by atoms with Gasteiger partial charge in [-0.1, -0.05) is 18.2 Å². The lowest BCUT2D eigenvalue weighted by Gasteiger charge is -1.99. The molecule has 12 heavy (non-hydrogen) atoms. The Bertz CT molecular complexity index is 238. The van der Waals surface area contributed by atoms with Gasteiger partial charge in [0.2, 0.25) is 0 Å². The van der Waals surface area contributed by atoms with Gasteiger partial charge in [0.15, 0.2) is 0 Å². The zero-order valence-electron chi connectivity index (χ0n) is 6.61. The van der Waals surface area contributed by atoms with Gasteiger partial charge in [0.25, 0.3) is 5.91 Å². The number of carbonyl (C=O) groups is 1. The summed E-state index contributed by atoms with van der Waals surface area (Å²) in [4.78, 5) is 15.5. The van der Waals surface area contributed by atoms with Gasteiger partial charge in [-0.15, -0.1) is 0 Å². The Morgan fingerprint density at radius 2 is 1.92 bits per heavy atom. The normalized spacial score (nSPS) is 8.42. The second-order valence-corrected chi connectivity index (χ2v) is 2.00. The fraction of sp³-hybridized carbons (Fsp3) is 0.125. The van der Waals surface area contributed by atoms with E-state index in [-0.39, 0.29) is 10.6 Å². The number of rotatable bonds is 2. The number of halogens is 1. The van der Waals surface area contributed by atoms with Crippen LogP contribution in [-0.4, -0.2) is 13.0 Å². The molecule has 0 spiro atoms. The van der Waals surface area contributed by atoms with Gasteiger partial charge in [-0.25, -0.2) is 5.48 Å². The zero-order valence-corrected chi connectivity index (χ0v) is 6.61. The van der Waals surface area contributed by atoms with Crippen LogP contribution >= 0.6 is 0 Å². The summed E-state index contributed by atoms with van der Waals surface area (Å²) in [5, 5.41) is 0. The molecule has 1 aromatic carbocycles. The van der Waals surface area contributed by atoms with Gasteiger partial charge in [0.1, 0.15) is 0 Å². The van der Waals surface area contributed by atoms with Crippen LogP contribution in [0.4, 0.5) is 4.70 Å². The van der Waals surface area contributed by atoms with E-state index in [1.165, 1.54) is 7.11 Å². The summed E-state index contributed by atoms with van der Waals surface area (Å²) in [7, 11) is 1.40. The minimum atomic E-state index is -0.229. The lowest BCUT2D eigenvalue weighted by Crippen LogP contribution is -2.21. The second kappa shape index (κ2) is 5.26. The molecule has 3 nitrogen and oxygen atoms in total. The first-order valence-corrected chi connectivity index (χ1v) is 3.23. The van der Waals surface area contributed by atoms with Crippen molar-refractivity contribution in [2.75, 3.05) is 7.11 Å². The van der Waals surface area contributed by atoms with Crippen LogP contribution in [0.5, 0.6) is 0 Å². The number of hydrogen-bond donors (Lipinski definition) is 1. The van der Waals surface area contributed by atoms with E-state index in [0.717, 1.165) is 0 Å². The number of nitrogens with one attached hydrogen (secondary N) is 1. The molecule has 0 heterocycles. The minimum absolute atomic E-state index is 0. The molecule has 0 bridgehead atoms. The molecule has 66 valence electrons. The standard InChI is InChI=1S/C8H9NO2.FH/c1-11-9-8(10)7-5-3-2-4-6-7;/h2-6H,1H3,(H,9,10);1H. The third kappa shape index (κ3) is 2.67. The molecule has 1 rings (SSSR count). The van der Waals surface area contributed by atoms with Crippen molar-refractivity contribution in [1.29, 1.82) is 0 Å². The Balaban J connectivity index is 0.00000121. The lowest BCUT2D eigenvalue weighted by atomic mass is 10.2. The molecule has 0 aromatic heterocycles. The highest BCUT2D eigenvalue weighted by Gasteiger charge is 2.00. The Hall–Kier alpha value is -1.42. The van der Waals surface area contributed by atoms with Crippen molar-refractivity contribution >= 4 is 5.91 Å². The van der Waals surface area contributed by atoms with Gasteiger partial charge in [0.05, 0.1) is 7.11 Å². The fourth-order valence-electron chi connectivity index (χ4n) is 0.741. The summed E-state index contributed by atoms with van der Waals surface area (Å²) in [5.41, 5.74) is 2.81. The highest BCUT2D eigenvalue weighted by atomic mass is 19.0. The van der Waals surface area contributed by atoms with E-state index in [2.05, 4.69) is 10.3 Å². The third-order valence-electron chi connectivity index (χ3n) is 1.23. The highest BCUT2D eigenvalue weighted by molar-refractivity contribution is 5.93. The van der Waals surface area contributed by atoms with Crippen LogP contribution < -0.4 is 5.48 Å². The summed E-state index contributed by atoms with van der Waals surface area (Å²) in [5.74, 6) is -0.229. The molecular weight excluding hydrogens is 161 g/mol. The maximum Gasteiger partial charge on any atom is 0.274 e. The van der Waals surface area contributed by atoms with Gasteiger partial charge < -0.3 is 0 Å². The molecule has 0 aliphatic rings. The van der Waals surface area contributed by atoms with Gasteiger partial charge in [-0.2, -0.15) is 0 Å². The van der Waals surface area contributed by atoms with Crippen LogP contribution in [0.1, 0.15) is 10.4 Å². The SMILES string of the molecule is CONC(=O)c1ccccc1.F. The number of carbonyl (C=O) groups excluding carboxylic acids is 1. The largest absolute Gasteiger partial charge is 0.277 e. The quantitative estimate of drug-likeness (QED) is 0.677. The minimum Gasteiger partial charge on any atom is -0.277 e. The van der Waals surface area contributed by atoms with Crippen molar-refractivity contribution in [1.82, 2.24) is 5.48 Å². The predicted octanol–water partition coefficient (Wildman–Crippen LogP) is 1.13. The molecule has 0 radical (unpaired) electrons. The highest BCUT2D eigenvalue weighted by Crippen LogP contribution is 1.96. The van der Waals surface area contributed by atoms with Crippen LogP contribution in [0.15, 0.2) is 30.3 Å². The van der Waals surface area contributed by atoms with Gasteiger partial charge in [-0.05, 0) is 12.1 Å². The molecule has 0 unspecified atom stereocenters. The predicted molar refractivity (Wildman–Crippen MR) is 43.4 cm³/mol. The number of hydrogen-bond acceptors (Lipinski definition) is 2. The summed E-state index contributed by atoms with van der Waals surface area (Å²) in [6.07, 6.45) is 0. The van der Waals surface area contributed by atoms with Gasteiger partial charge >= 0.3 is 0 Å². The molecule has 0 aliphatic carbocycles. The average Bonchev–Trinajstić information content (AvgIpc) is 2.07. The Kier molecular flexibility index (Phi) is 4.64. The first-order chi connectivity index (χ1) is 5.34. The van der Waals surface area contributed by atoms with E-state index in [4.69, 9.17) is 0 Å². The Labute approximate surface area is 69.7 Å². The van der Waals surface area contributed by atoms with Gasteiger partial charge in [0, 0.05) is 5.56 Å². The zero-order chi connectivity index (χ0) is 8.10. The summed E-state index contributed by atoms with van der Waals surface area (Å²) >= 11 is 0. The van der Waals surface area contributed by atoms with E-state index in [9.17, 15) is 4.79 Å². The van der Waals surface area contributed by atoms with Crippen molar-refractivity contribution in [2.24, 2.45) is 0 Å². The molecule has 1 N–H and O–H groups in total. The van der Waals surface area contributed by atoms with Crippen molar-refractivity contribution in [3.8, 4) is 0 Å². The molecule has 0 saturated carbocycles. The molecule has 4 heteroatoms.